The SMILES string of the molecule is CCNC(=NCc1ccccc1CN1CCCC1=O)N1CCN(c2ncccn2)CC1.I. The van der Waals surface area contributed by atoms with Crippen LogP contribution in [0, 0.1) is 0 Å². The zero-order chi connectivity index (χ0) is 21.5. The lowest BCUT2D eigenvalue weighted by atomic mass is 10.1. The zero-order valence-corrected chi connectivity index (χ0v) is 20.9. The molecule has 0 bridgehead atoms. The summed E-state index contributed by atoms with van der Waals surface area (Å²) in [7, 11) is 0. The van der Waals surface area contributed by atoms with E-state index < -0.39 is 0 Å². The number of likely N-dealkylation sites (tertiary alicyclic amines) is 1. The minimum absolute atomic E-state index is 0. The van der Waals surface area contributed by atoms with Crippen molar-refractivity contribution in [1.82, 2.24) is 25.1 Å². The summed E-state index contributed by atoms with van der Waals surface area (Å²) in [6.45, 7) is 8.52. The highest BCUT2D eigenvalue weighted by Crippen LogP contribution is 2.18. The predicted molar refractivity (Wildman–Crippen MR) is 137 cm³/mol. The summed E-state index contributed by atoms with van der Waals surface area (Å²) in [5.74, 6) is 1.98. The second-order valence-electron chi connectivity index (χ2n) is 7.88. The van der Waals surface area contributed by atoms with Crippen LogP contribution < -0.4 is 10.2 Å². The van der Waals surface area contributed by atoms with E-state index in [0.717, 1.165) is 57.6 Å². The van der Waals surface area contributed by atoms with Crippen LogP contribution in [0.1, 0.15) is 30.9 Å². The van der Waals surface area contributed by atoms with E-state index in [2.05, 4.69) is 44.1 Å². The molecule has 1 aromatic carbocycles. The number of aromatic nitrogens is 2. The highest BCUT2D eigenvalue weighted by molar-refractivity contribution is 14.0. The van der Waals surface area contributed by atoms with Gasteiger partial charge in [0.05, 0.1) is 6.54 Å². The van der Waals surface area contributed by atoms with E-state index in [9.17, 15) is 4.79 Å². The highest BCUT2D eigenvalue weighted by atomic mass is 127. The molecule has 2 saturated heterocycles. The summed E-state index contributed by atoms with van der Waals surface area (Å²) in [4.78, 5) is 32.2. The molecule has 0 saturated carbocycles. The Morgan fingerprint density at radius 1 is 1.03 bits per heavy atom. The van der Waals surface area contributed by atoms with Crippen LogP contribution in [0.25, 0.3) is 0 Å². The number of hydrogen-bond donors (Lipinski definition) is 1. The third-order valence-corrected chi connectivity index (χ3v) is 5.80. The first kappa shape index (κ1) is 24.2. The van der Waals surface area contributed by atoms with E-state index in [1.54, 1.807) is 12.4 Å². The first-order valence-electron chi connectivity index (χ1n) is 11.1. The predicted octanol–water partition coefficient (Wildman–Crippen LogP) is 2.50. The molecule has 1 aromatic heterocycles. The summed E-state index contributed by atoms with van der Waals surface area (Å²) < 4.78 is 0. The lowest BCUT2D eigenvalue weighted by Gasteiger charge is -2.36. The molecule has 0 unspecified atom stereocenters. The van der Waals surface area contributed by atoms with Crippen LogP contribution in [0.15, 0.2) is 47.7 Å². The quantitative estimate of drug-likeness (QED) is 0.339. The Balaban J connectivity index is 0.00000289. The van der Waals surface area contributed by atoms with Crippen LogP contribution in [0.5, 0.6) is 0 Å². The van der Waals surface area contributed by atoms with Gasteiger partial charge in [-0.05, 0) is 30.5 Å². The van der Waals surface area contributed by atoms with Crippen LogP contribution in [0.4, 0.5) is 5.95 Å². The second kappa shape index (κ2) is 12.0. The molecular formula is C23H32IN7O. The number of guanidine groups is 1. The molecule has 2 aliphatic heterocycles. The van der Waals surface area contributed by atoms with Gasteiger partial charge in [0.25, 0.3) is 0 Å². The molecule has 2 aromatic rings. The molecule has 2 fully saturated rings. The number of nitrogens with zero attached hydrogens (tertiary/aromatic N) is 6. The number of piperazine rings is 1. The molecule has 9 heteroatoms. The van der Waals surface area contributed by atoms with Gasteiger partial charge in [0, 0.05) is 64.6 Å². The summed E-state index contributed by atoms with van der Waals surface area (Å²) >= 11 is 0. The van der Waals surface area contributed by atoms with Crippen molar-refractivity contribution in [2.24, 2.45) is 4.99 Å². The van der Waals surface area contributed by atoms with E-state index in [0.29, 0.717) is 19.5 Å². The van der Waals surface area contributed by atoms with Gasteiger partial charge in [-0.15, -0.1) is 24.0 Å². The van der Waals surface area contributed by atoms with Crippen LogP contribution in [-0.4, -0.2) is 70.9 Å². The Hall–Kier alpha value is -2.43. The van der Waals surface area contributed by atoms with Gasteiger partial charge >= 0.3 is 0 Å². The second-order valence-corrected chi connectivity index (χ2v) is 7.88. The van der Waals surface area contributed by atoms with Crippen molar-refractivity contribution < 1.29 is 4.79 Å². The van der Waals surface area contributed by atoms with Crippen LogP contribution in [0.3, 0.4) is 0 Å². The maximum atomic E-state index is 12.0. The van der Waals surface area contributed by atoms with Crippen molar-refractivity contribution >= 4 is 41.8 Å². The normalized spacial score (nSPS) is 16.8. The Morgan fingerprint density at radius 2 is 1.75 bits per heavy atom. The number of amides is 1. The van der Waals surface area contributed by atoms with Gasteiger partial charge in [-0.25, -0.2) is 15.0 Å². The molecule has 1 N–H and O–H groups in total. The number of carbonyl (C=O) groups excluding carboxylic acids is 1. The van der Waals surface area contributed by atoms with Gasteiger partial charge in [-0.2, -0.15) is 0 Å². The average Bonchev–Trinajstić information content (AvgIpc) is 3.22. The topological polar surface area (TPSA) is 77.0 Å². The molecule has 172 valence electrons. The number of halogens is 1. The first-order chi connectivity index (χ1) is 15.2. The van der Waals surface area contributed by atoms with Gasteiger partial charge < -0.3 is 20.0 Å². The van der Waals surface area contributed by atoms with Gasteiger partial charge in [-0.1, -0.05) is 24.3 Å². The monoisotopic (exact) mass is 549 g/mol. The van der Waals surface area contributed by atoms with Gasteiger partial charge in [0.15, 0.2) is 5.96 Å². The van der Waals surface area contributed by atoms with Crippen molar-refractivity contribution in [2.75, 3.05) is 44.2 Å². The summed E-state index contributed by atoms with van der Waals surface area (Å²) in [5, 5.41) is 3.44. The molecule has 32 heavy (non-hydrogen) atoms. The lowest BCUT2D eigenvalue weighted by Crippen LogP contribution is -2.53. The molecule has 3 heterocycles. The smallest absolute Gasteiger partial charge is 0.225 e. The number of benzene rings is 1. The number of hydrogen-bond acceptors (Lipinski definition) is 5. The van der Waals surface area contributed by atoms with Crippen LogP contribution in [0.2, 0.25) is 0 Å². The van der Waals surface area contributed by atoms with E-state index in [4.69, 9.17) is 4.99 Å². The maximum Gasteiger partial charge on any atom is 0.225 e. The van der Waals surface area contributed by atoms with Crippen molar-refractivity contribution in [3.05, 3.63) is 53.9 Å². The third-order valence-electron chi connectivity index (χ3n) is 5.80. The fraction of sp³-hybridized carbons (Fsp3) is 0.478. The highest BCUT2D eigenvalue weighted by Gasteiger charge is 2.22. The largest absolute Gasteiger partial charge is 0.357 e. The molecule has 2 aliphatic rings. The van der Waals surface area contributed by atoms with Crippen LogP contribution >= 0.6 is 24.0 Å². The summed E-state index contributed by atoms with van der Waals surface area (Å²) in [6.07, 6.45) is 5.20. The Bertz CT molecular complexity index is 900. The molecule has 0 spiro atoms. The Morgan fingerprint density at radius 3 is 2.41 bits per heavy atom. The van der Waals surface area contributed by atoms with E-state index in [1.165, 1.54) is 11.1 Å². The van der Waals surface area contributed by atoms with Crippen molar-refractivity contribution in [3.8, 4) is 0 Å². The number of aliphatic imine (C=N–C) groups is 1. The van der Waals surface area contributed by atoms with Gasteiger partial charge in [0.1, 0.15) is 0 Å². The van der Waals surface area contributed by atoms with E-state index in [1.807, 2.05) is 23.1 Å². The van der Waals surface area contributed by atoms with E-state index >= 15 is 0 Å². The molecule has 0 radical (unpaired) electrons. The molecule has 4 rings (SSSR count). The minimum Gasteiger partial charge on any atom is -0.357 e. The van der Waals surface area contributed by atoms with Crippen molar-refractivity contribution in [1.29, 1.82) is 0 Å². The standard InChI is InChI=1S/C23H31N7O.HI/c1-2-24-22(28-13-15-29(16-14-28)23-25-10-6-11-26-23)27-17-19-7-3-4-8-20(19)18-30-12-5-9-21(30)31;/h3-4,6-8,10-11H,2,5,9,12-18H2,1H3,(H,24,27);1H. The fourth-order valence-corrected chi connectivity index (χ4v) is 4.10. The van der Waals surface area contributed by atoms with Crippen LogP contribution in [-0.2, 0) is 17.9 Å². The third kappa shape index (κ3) is 6.08. The van der Waals surface area contributed by atoms with Crippen molar-refractivity contribution in [3.63, 3.8) is 0 Å². The average molecular weight is 549 g/mol. The molecule has 0 atom stereocenters. The summed E-state index contributed by atoms with van der Waals surface area (Å²) in [5.41, 5.74) is 2.36. The van der Waals surface area contributed by atoms with E-state index in [-0.39, 0.29) is 29.9 Å². The number of nitrogens with one attached hydrogen (secondary N) is 1. The van der Waals surface area contributed by atoms with Crippen molar-refractivity contribution in [2.45, 2.75) is 32.9 Å². The lowest BCUT2D eigenvalue weighted by molar-refractivity contribution is -0.128. The molecular weight excluding hydrogens is 517 g/mol. The molecule has 8 nitrogen and oxygen atoms in total. The van der Waals surface area contributed by atoms with Gasteiger partial charge in [-0.3, -0.25) is 4.79 Å². The number of anilines is 1. The number of rotatable bonds is 6. The Kier molecular flexibility index (Phi) is 9.07. The maximum absolute atomic E-state index is 12.0. The fourth-order valence-electron chi connectivity index (χ4n) is 4.10. The molecule has 0 aliphatic carbocycles. The summed E-state index contributed by atoms with van der Waals surface area (Å²) in [6, 6.07) is 10.2. The number of carbonyl (C=O) groups is 1. The zero-order valence-electron chi connectivity index (χ0n) is 18.6. The minimum atomic E-state index is 0. The van der Waals surface area contributed by atoms with Gasteiger partial charge in [0.2, 0.25) is 11.9 Å². The first-order valence-corrected chi connectivity index (χ1v) is 11.1. The Labute approximate surface area is 207 Å². The molecule has 1 amide bonds.